The van der Waals surface area contributed by atoms with Gasteiger partial charge in [0.2, 0.25) is 0 Å². The van der Waals surface area contributed by atoms with Crippen LogP contribution in [0.15, 0.2) is 24.3 Å². The third-order valence-corrected chi connectivity index (χ3v) is 2.12. The number of methoxy groups -OCH3 is 1. The van der Waals surface area contributed by atoms with Crippen LogP contribution in [0.1, 0.15) is 0 Å². The highest BCUT2D eigenvalue weighted by Gasteiger charge is 2.22. The quantitative estimate of drug-likeness (QED) is 0.788. The van der Waals surface area contributed by atoms with E-state index in [1.807, 2.05) is 0 Å². The van der Waals surface area contributed by atoms with E-state index in [2.05, 4.69) is 10.1 Å². The molecule has 1 aromatic rings. The number of amides is 1. The van der Waals surface area contributed by atoms with E-state index < -0.39 is 6.09 Å². The van der Waals surface area contributed by atoms with Crippen molar-refractivity contribution in [1.29, 1.82) is 0 Å². The van der Waals surface area contributed by atoms with Gasteiger partial charge in [-0.15, -0.1) is 0 Å². The van der Waals surface area contributed by atoms with Gasteiger partial charge in [0.15, 0.2) is 0 Å². The average Bonchev–Trinajstić information content (AvgIpc) is 3.12. The summed E-state index contributed by atoms with van der Waals surface area (Å²) in [5.74, 6) is 0.755. The van der Waals surface area contributed by atoms with Gasteiger partial charge in [0.1, 0.15) is 18.5 Å². The first kappa shape index (κ1) is 10.8. The SMILES string of the molecule is COC(=O)Nc1ccc(OCC2CO2)cc1. The molecule has 0 bridgehead atoms. The lowest BCUT2D eigenvalue weighted by Gasteiger charge is -2.06. The summed E-state index contributed by atoms with van der Waals surface area (Å²) in [5.41, 5.74) is 0.668. The van der Waals surface area contributed by atoms with Crippen molar-refractivity contribution in [2.45, 2.75) is 6.10 Å². The molecule has 1 fully saturated rings. The second-order valence-corrected chi connectivity index (χ2v) is 3.41. The minimum atomic E-state index is -0.486. The van der Waals surface area contributed by atoms with Gasteiger partial charge in [0.05, 0.1) is 13.7 Å². The number of carbonyl (C=O) groups is 1. The average molecular weight is 223 g/mol. The zero-order valence-corrected chi connectivity index (χ0v) is 8.93. The van der Waals surface area contributed by atoms with E-state index in [4.69, 9.17) is 9.47 Å². The van der Waals surface area contributed by atoms with E-state index in [0.717, 1.165) is 12.4 Å². The van der Waals surface area contributed by atoms with Gasteiger partial charge >= 0.3 is 6.09 Å². The van der Waals surface area contributed by atoms with E-state index in [0.29, 0.717) is 12.3 Å². The third kappa shape index (κ3) is 3.13. The molecule has 0 aromatic heterocycles. The lowest BCUT2D eigenvalue weighted by molar-refractivity contribution is 0.187. The highest BCUT2D eigenvalue weighted by Crippen LogP contribution is 2.18. The van der Waals surface area contributed by atoms with Gasteiger partial charge in [-0.25, -0.2) is 4.79 Å². The molecule has 5 nitrogen and oxygen atoms in total. The summed E-state index contributed by atoms with van der Waals surface area (Å²) in [6.07, 6.45) is -0.243. The van der Waals surface area contributed by atoms with E-state index in [-0.39, 0.29) is 6.10 Å². The zero-order chi connectivity index (χ0) is 11.4. The number of carbonyl (C=O) groups excluding carboxylic acids is 1. The second kappa shape index (κ2) is 4.85. The Balaban J connectivity index is 1.85. The molecule has 1 unspecified atom stereocenters. The highest BCUT2D eigenvalue weighted by atomic mass is 16.6. The van der Waals surface area contributed by atoms with Gasteiger partial charge in [-0.2, -0.15) is 0 Å². The van der Waals surface area contributed by atoms with Gasteiger partial charge in [0.25, 0.3) is 0 Å². The van der Waals surface area contributed by atoms with Gasteiger partial charge in [-0.1, -0.05) is 0 Å². The van der Waals surface area contributed by atoms with Crippen LogP contribution in [0.5, 0.6) is 5.75 Å². The van der Waals surface area contributed by atoms with Crippen LogP contribution in [0.25, 0.3) is 0 Å². The maximum absolute atomic E-state index is 10.9. The molecule has 5 heteroatoms. The minimum Gasteiger partial charge on any atom is -0.491 e. The summed E-state index contributed by atoms with van der Waals surface area (Å²) in [7, 11) is 1.32. The molecular weight excluding hydrogens is 210 g/mol. The maximum Gasteiger partial charge on any atom is 0.411 e. The van der Waals surface area contributed by atoms with Crippen LogP contribution >= 0.6 is 0 Å². The first-order chi connectivity index (χ1) is 7.78. The molecule has 1 saturated heterocycles. The van der Waals surface area contributed by atoms with Crippen molar-refractivity contribution in [3.63, 3.8) is 0 Å². The fourth-order valence-corrected chi connectivity index (χ4v) is 1.16. The molecule has 1 amide bonds. The molecule has 0 aliphatic carbocycles. The normalized spacial score (nSPS) is 17.7. The van der Waals surface area contributed by atoms with E-state index >= 15 is 0 Å². The van der Waals surface area contributed by atoms with Crippen LogP contribution in [-0.2, 0) is 9.47 Å². The van der Waals surface area contributed by atoms with Crippen molar-refractivity contribution in [2.75, 3.05) is 25.6 Å². The van der Waals surface area contributed by atoms with Gasteiger partial charge < -0.3 is 14.2 Å². The summed E-state index contributed by atoms with van der Waals surface area (Å²) in [5, 5.41) is 2.55. The molecule has 0 saturated carbocycles. The van der Waals surface area contributed by atoms with Gasteiger partial charge in [-0.3, -0.25) is 5.32 Å². The Morgan fingerprint density at radius 3 is 2.75 bits per heavy atom. The first-order valence-electron chi connectivity index (χ1n) is 4.97. The number of rotatable bonds is 4. The number of hydrogen-bond donors (Lipinski definition) is 1. The largest absolute Gasteiger partial charge is 0.491 e. The van der Waals surface area contributed by atoms with Crippen molar-refractivity contribution < 1.29 is 19.0 Å². The maximum atomic E-state index is 10.9. The monoisotopic (exact) mass is 223 g/mol. The van der Waals surface area contributed by atoms with Crippen LogP contribution < -0.4 is 10.1 Å². The van der Waals surface area contributed by atoms with E-state index in [9.17, 15) is 4.79 Å². The number of nitrogens with one attached hydrogen (secondary N) is 1. The standard InChI is InChI=1S/C11H13NO4/c1-14-11(13)12-8-2-4-9(5-3-8)15-6-10-7-16-10/h2-5,10H,6-7H2,1H3,(H,12,13). The number of epoxide rings is 1. The molecule has 0 spiro atoms. The predicted molar refractivity (Wildman–Crippen MR) is 57.7 cm³/mol. The van der Waals surface area contributed by atoms with Crippen LogP contribution in [0, 0.1) is 0 Å². The van der Waals surface area contributed by atoms with Crippen LogP contribution in [0.3, 0.4) is 0 Å². The van der Waals surface area contributed by atoms with Crippen molar-refractivity contribution in [1.82, 2.24) is 0 Å². The molecule has 1 atom stereocenters. The van der Waals surface area contributed by atoms with Crippen molar-refractivity contribution in [3.8, 4) is 5.75 Å². The minimum absolute atomic E-state index is 0.243. The Morgan fingerprint density at radius 2 is 2.19 bits per heavy atom. The van der Waals surface area contributed by atoms with E-state index in [1.165, 1.54) is 7.11 Å². The molecule has 1 aromatic carbocycles. The smallest absolute Gasteiger partial charge is 0.411 e. The number of benzene rings is 1. The molecule has 16 heavy (non-hydrogen) atoms. The van der Waals surface area contributed by atoms with Crippen LogP contribution in [0.2, 0.25) is 0 Å². The van der Waals surface area contributed by atoms with Gasteiger partial charge in [0, 0.05) is 5.69 Å². The molecular formula is C11H13NO4. The van der Waals surface area contributed by atoms with Gasteiger partial charge in [-0.05, 0) is 24.3 Å². The topological polar surface area (TPSA) is 60.1 Å². The fraction of sp³-hybridized carbons (Fsp3) is 0.364. The third-order valence-electron chi connectivity index (χ3n) is 2.12. The Hall–Kier alpha value is -1.75. The molecule has 0 radical (unpaired) electrons. The molecule has 1 N–H and O–H groups in total. The second-order valence-electron chi connectivity index (χ2n) is 3.41. The van der Waals surface area contributed by atoms with Crippen molar-refractivity contribution in [2.24, 2.45) is 0 Å². The highest BCUT2D eigenvalue weighted by molar-refractivity contribution is 5.84. The Kier molecular flexibility index (Phi) is 3.26. The molecule has 1 heterocycles. The Bertz CT molecular complexity index is 359. The molecule has 86 valence electrons. The lowest BCUT2D eigenvalue weighted by atomic mass is 10.3. The summed E-state index contributed by atoms with van der Waals surface area (Å²) in [4.78, 5) is 10.9. The summed E-state index contributed by atoms with van der Waals surface area (Å²) in [6.45, 7) is 1.35. The summed E-state index contributed by atoms with van der Waals surface area (Å²) < 4.78 is 14.9. The number of anilines is 1. The van der Waals surface area contributed by atoms with Crippen LogP contribution in [-0.4, -0.2) is 32.5 Å². The molecule has 1 aliphatic rings. The lowest BCUT2D eigenvalue weighted by Crippen LogP contribution is -2.10. The molecule has 2 rings (SSSR count). The Labute approximate surface area is 93.3 Å². The summed E-state index contributed by atoms with van der Waals surface area (Å²) >= 11 is 0. The van der Waals surface area contributed by atoms with E-state index in [1.54, 1.807) is 24.3 Å². The Morgan fingerprint density at radius 1 is 1.50 bits per heavy atom. The molecule has 1 aliphatic heterocycles. The first-order valence-corrected chi connectivity index (χ1v) is 4.97. The van der Waals surface area contributed by atoms with Crippen LogP contribution in [0.4, 0.5) is 10.5 Å². The zero-order valence-electron chi connectivity index (χ0n) is 8.93. The summed E-state index contributed by atoms with van der Waals surface area (Å²) in [6, 6.07) is 7.07. The van der Waals surface area contributed by atoms with Crippen molar-refractivity contribution >= 4 is 11.8 Å². The number of ether oxygens (including phenoxy) is 3. The predicted octanol–water partition coefficient (Wildman–Crippen LogP) is 1.64. The van der Waals surface area contributed by atoms with Crippen molar-refractivity contribution in [3.05, 3.63) is 24.3 Å². The number of hydrogen-bond acceptors (Lipinski definition) is 4. The fourth-order valence-electron chi connectivity index (χ4n) is 1.16.